The molecule has 0 aliphatic heterocycles. The fourth-order valence-electron chi connectivity index (χ4n) is 2.10. The summed E-state index contributed by atoms with van der Waals surface area (Å²) in [6.45, 7) is 4.43. The summed E-state index contributed by atoms with van der Waals surface area (Å²) in [5.74, 6) is 0.375. The van der Waals surface area contributed by atoms with E-state index < -0.39 is 5.82 Å². The molecule has 1 N–H and O–H groups in total. The van der Waals surface area contributed by atoms with Gasteiger partial charge in [-0.05, 0) is 36.8 Å². The Morgan fingerprint density at radius 2 is 2.00 bits per heavy atom. The van der Waals surface area contributed by atoms with Crippen LogP contribution in [0.5, 0.6) is 5.75 Å². The van der Waals surface area contributed by atoms with Crippen LogP contribution in [-0.4, -0.2) is 18.3 Å². The second-order valence-electron chi connectivity index (χ2n) is 5.44. The van der Waals surface area contributed by atoms with E-state index in [0.29, 0.717) is 24.5 Å². The molecule has 1 amide bonds. The van der Waals surface area contributed by atoms with Gasteiger partial charge in [0.15, 0.2) is 11.6 Å². The normalized spacial score (nSPS) is 11.8. The number of ether oxygens (including phenoxy) is 1. The maximum absolute atomic E-state index is 13.8. The number of carbonyl (C=O) groups excluding carboxylic acids is 1. The van der Waals surface area contributed by atoms with Gasteiger partial charge in [0, 0.05) is 23.1 Å². The van der Waals surface area contributed by atoms with Crippen LogP contribution in [0.3, 0.4) is 0 Å². The van der Waals surface area contributed by atoms with Gasteiger partial charge in [-0.1, -0.05) is 31.2 Å². The molecule has 2 aromatic rings. The summed E-state index contributed by atoms with van der Waals surface area (Å²) in [4.78, 5) is 13.3. The quantitative estimate of drug-likeness (QED) is 0.725. The van der Waals surface area contributed by atoms with E-state index in [1.54, 1.807) is 23.9 Å². The average Bonchev–Trinajstić information content (AvgIpc) is 2.60. The minimum atomic E-state index is -0.406. The van der Waals surface area contributed by atoms with Crippen molar-refractivity contribution in [3.8, 4) is 5.75 Å². The molecule has 1 atom stereocenters. The van der Waals surface area contributed by atoms with Crippen molar-refractivity contribution in [2.75, 3.05) is 12.4 Å². The Balaban J connectivity index is 1.80. The molecule has 0 aromatic heterocycles. The van der Waals surface area contributed by atoms with E-state index in [9.17, 15) is 9.18 Å². The molecular weight excluding hydrogens is 325 g/mol. The van der Waals surface area contributed by atoms with Crippen molar-refractivity contribution in [3.05, 3.63) is 59.9 Å². The van der Waals surface area contributed by atoms with Crippen molar-refractivity contribution in [1.82, 2.24) is 5.32 Å². The standard InChI is InChI=1S/C19H22FNO2S/c1-3-23-18-10-9-15(11-17(18)20)12-21-19(22)14(2)13-24-16-7-5-4-6-8-16/h4-11,14H,3,12-13H2,1-2H3,(H,21,22). The van der Waals surface area contributed by atoms with Crippen molar-refractivity contribution in [2.45, 2.75) is 25.3 Å². The summed E-state index contributed by atoms with van der Waals surface area (Å²) in [7, 11) is 0. The van der Waals surface area contributed by atoms with Gasteiger partial charge in [0.05, 0.1) is 6.61 Å². The fraction of sp³-hybridized carbons (Fsp3) is 0.316. The van der Waals surface area contributed by atoms with Crippen LogP contribution in [0.25, 0.3) is 0 Å². The smallest absolute Gasteiger partial charge is 0.223 e. The van der Waals surface area contributed by atoms with E-state index in [4.69, 9.17) is 4.74 Å². The molecule has 3 nitrogen and oxygen atoms in total. The molecule has 0 aliphatic rings. The number of halogens is 1. The topological polar surface area (TPSA) is 38.3 Å². The third-order valence-corrected chi connectivity index (χ3v) is 4.73. The molecule has 24 heavy (non-hydrogen) atoms. The van der Waals surface area contributed by atoms with Crippen molar-refractivity contribution >= 4 is 17.7 Å². The number of thioether (sulfide) groups is 1. The van der Waals surface area contributed by atoms with E-state index >= 15 is 0 Å². The Labute approximate surface area is 146 Å². The van der Waals surface area contributed by atoms with Crippen LogP contribution in [0.2, 0.25) is 0 Å². The highest BCUT2D eigenvalue weighted by atomic mass is 32.2. The SMILES string of the molecule is CCOc1ccc(CNC(=O)C(C)CSc2ccccc2)cc1F. The molecule has 5 heteroatoms. The predicted molar refractivity (Wildman–Crippen MR) is 95.7 cm³/mol. The highest BCUT2D eigenvalue weighted by molar-refractivity contribution is 7.99. The van der Waals surface area contributed by atoms with E-state index in [1.807, 2.05) is 44.2 Å². The minimum Gasteiger partial charge on any atom is -0.491 e. The van der Waals surface area contributed by atoms with E-state index in [-0.39, 0.29) is 17.6 Å². The van der Waals surface area contributed by atoms with Crippen LogP contribution < -0.4 is 10.1 Å². The Hall–Kier alpha value is -2.01. The Morgan fingerprint density at radius 1 is 1.25 bits per heavy atom. The van der Waals surface area contributed by atoms with Crippen LogP contribution in [0.4, 0.5) is 4.39 Å². The molecule has 0 saturated carbocycles. The second-order valence-corrected chi connectivity index (χ2v) is 6.53. The van der Waals surface area contributed by atoms with Gasteiger partial charge in [-0.3, -0.25) is 4.79 Å². The van der Waals surface area contributed by atoms with Crippen LogP contribution in [-0.2, 0) is 11.3 Å². The second kappa shape index (κ2) is 9.33. The third kappa shape index (κ3) is 5.57. The van der Waals surface area contributed by atoms with Gasteiger partial charge in [-0.15, -0.1) is 11.8 Å². The molecule has 0 bridgehead atoms. The van der Waals surface area contributed by atoms with Gasteiger partial charge in [0.25, 0.3) is 0 Å². The predicted octanol–water partition coefficient (Wildman–Crippen LogP) is 4.27. The van der Waals surface area contributed by atoms with Crippen LogP contribution >= 0.6 is 11.8 Å². The summed E-state index contributed by atoms with van der Waals surface area (Å²) in [6, 6.07) is 14.7. The zero-order chi connectivity index (χ0) is 17.4. The first-order chi connectivity index (χ1) is 11.6. The lowest BCUT2D eigenvalue weighted by molar-refractivity contribution is -0.124. The number of nitrogens with one attached hydrogen (secondary N) is 1. The molecule has 1 unspecified atom stereocenters. The Morgan fingerprint density at radius 3 is 2.67 bits per heavy atom. The lowest BCUT2D eigenvalue weighted by Gasteiger charge is -2.12. The maximum atomic E-state index is 13.8. The molecule has 0 radical (unpaired) electrons. The third-order valence-electron chi connectivity index (χ3n) is 3.45. The highest BCUT2D eigenvalue weighted by Crippen LogP contribution is 2.21. The molecule has 0 fully saturated rings. The molecular formula is C19H22FNO2S. The number of hydrogen-bond acceptors (Lipinski definition) is 3. The van der Waals surface area contributed by atoms with Gasteiger partial charge in [-0.25, -0.2) is 4.39 Å². The first kappa shape index (κ1) is 18.3. The van der Waals surface area contributed by atoms with Crippen molar-refractivity contribution < 1.29 is 13.9 Å². The van der Waals surface area contributed by atoms with Crippen LogP contribution in [0.1, 0.15) is 19.4 Å². The van der Waals surface area contributed by atoms with Gasteiger partial charge in [0.1, 0.15) is 0 Å². The van der Waals surface area contributed by atoms with Gasteiger partial charge in [0.2, 0.25) is 5.91 Å². The summed E-state index contributed by atoms with van der Waals surface area (Å²) in [6.07, 6.45) is 0. The first-order valence-corrected chi connectivity index (χ1v) is 8.95. The number of rotatable bonds is 8. The largest absolute Gasteiger partial charge is 0.491 e. The summed E-state index contributed by atoms with van der Waals surface area (Å²) in [5.41, 5.74) is 0.715. The molecule has 128 valence electrons. The summed E-state index contributed by atoms with van der Waals surface area (Å²) >= 11 is 1.65. The number of amides is 1. The fourth-order valence-corrected chi connectivity index (χ4v) is 3.05. The van der Waals surface area contributed by atoms with Crippen molar-refractivity contribution in [3.63, 3.8) is 0 Å². The zero-order valence-corrected chi connectivity index (χ0v) is 14.7. The lowest BCUT2D eigenvalue weighted by atomic mass is 10.1. The van der Waals surface area contributed by atoms with Crippen LogP contribution in [0, 0.1) is 11.7 Å². The van der Waals surface area contributed by atoms with Crippen molar-refractivity contribution in [1.29, 1.82) is 0 Å². The monoisotopic (exact) mass is 347 g/mol. The van der Waals surface area contributed by atoms with E-state index in [0.717, 1.165) is 4.90 Å². The maximum Gasteiger partial charge on any atom is 0.223 e. The molecule has 2 rings (SSSR count). The summed E-state index contributed by atoms with van der Waals surface area (Å²) in [5, 5.41) is 2.85. The van der Waals surface area contributed by atoms with E-state index in [1.165, 1.54) is 6.07 Å². The van der Waals surface area contributed by atoms with Crippen LogP contribution in [0.15, 0.2) is 53.4 Å². The molecule has 0 saturated heterocycles. The highest BCUT2D eigenvalue weighted by Gasteiger charge is 2.13. The zero-order valence-electron chi connectivity index (χ0n) is 13.9. The molecule has 0 spiro atoms. The van der Waals surface area contributed by atoms with E-state index in [2.05, 4.69) is 5.32 Å². The Kier molecular flexibility index (Phi) is 7.12. The Bertz CT molecular complexity index is 664. The van der Waals surface area contributed by atoms with Gasteiger partial charge >= 0.3 is 0 Å². The molecule has 2 aromatic carbocycles. The number of carbonyl (C=O) groups is 1. The first-order valence-electron chi connectivity index (χ1n) is 7.97. The van der Waals surface area contributed by atoms with Gasteiger partial charge in [-0.2, -0.15) is 0 Å². The lowest BCUT2D eigenvalue weighted by Crippen LogP contribution is -2.29. The molecule has 0 heterocycles. The minimum absolute atomic E-state index is 0.0345. The molecule has 0 aliphatic carbocycles. The summed E-state index contributed by atoms with van der Waals surface area (Å²) < 4.78 is 19.0. The number of hydrogen-bond donors (Lipinski definition) is 1. The number of benzene rings is 2. The average molecular weight is 347 g/mol. The van der Waals surface area contributed by atoms with Crippen molar-refractivity contribution in [2.24, 2.45) is 5.92 Å². The van der Waals surface area contributed by atoms with Gasteiger partial charge < -0.3 is 10.1 Å².